The van der Waals surface area contributed by atoms with Gasteiger partial charge in [0, 0.05) is 28.7 Å². The summed E-state index contributed by atoms with van der Waals surface area (Å²) in [5.74, 6) is 0.362. The average Bonchev–Trinajstić information content (AvgIpc) is 3.31. The van der Waals surface area contributed by atoms with Crippen molar-refractivity contribution in [3.8, 4) is 28.3 Å². The number of furan rings is 1. The van der Waals surface area contributed by atoms with Gasteiger partial charge in [0.2, 0.25) is 0 Å². The van der Waals surface area contributed by atoms with Gasteiger partial charge in [0.1, 0.15) is 11.4 Å². The first-order chi connectivity index (χ1) is 17.0. The van der Waals surface area contributed by atoms with Crippen molar-refractivity contribution in [1.29, 1.82) is 5.26 Å². The van der Waals surface area contributed by atoms with Gasteiger partial charge in [-0.25, -0.2) is 9.78 Å². The number of pyridine rings is 1. The van der Waals surface area contributed by atoms with Gasteiger partial charge in [0.25, 0.3) is 0 Å². The number of hydrogen-bond acceptors (Lipinski definition) is 5. The van der Waals surface area contributed by atoms with Crippen LogP contribution in [-0.2, 0) is 0 Å². The molecule has 2 amide bonds. The molecule has 0 bridgehead atoms. The van der Waals surface area contributed by atoms with E-state index in [-0.39, 0.29) is 6.03 Å². The lowest BCUT2D eigenvalue weighted by atomic mass is 10.0. The second kappa shape index (κ2) is 9.04. The van der Waals surface area contributed by atoms with Crippen molar-refractivity contribution in [1.82, 2.24) is 4.98 Å². The molecule has 0 atom stereocenters. The van der Waals surface area contributed by atoms with Gasteiger partial charge in [-0.05, 0) is 60.0 Å². The number of aromatic nitrogens is 1. The second-order valence-corrected chi connectivity index (χ2v) is 8.13. The highest BCUT2D eigenvalue weighted by molar-refractivity contribution is 6.06. The lowest BCUT2D eigenvalue weighted by Crippen LogP contribution is -2.19. The summed E-state index contributed by atoms with van der Waals surface area (Å²) in [4.78, 5) is 16.7. The molecule has 7 nitrogen and oxygen atoms in total. The van der Waals surface area contributed by atoms with E-state index in [0.29, 0.717) is 28.0 Å². The lowest BCUT2D eigenvalue weighted by molar-refractivity contribution is 0.262. The Morgan fingerprint density at radius 1 is 0.943 bits per heavy atom. The number of anilines is 3. The van der Waals surface area contributed by atoms with Gasteiger partial charge in [-0.1, -0.05) is 36.4 Å². The maximum absolute atomic E-state index is 12.4. The summed E-state index contributed by atoms with van der Waals surface area (Å²) in [5, 5.41) is 15.4. The van der Waals surface area contributed by atoms with Crippen LogP contribution in [0.5, 0.6) is 0 Å². The molecule has 0 aliphatic carbocycles. The molecule has 0 aliphatic rings. The molecule has 4 N–H and O–H groups in total. The molecule has 2 heterocycles. The lowest BCUT2D eigenvalue weighted by Gasteiger charge is -2.09. The molecule has 170 valence electrons. The molecule has 7 heteroatoms. The van der Waals surface area contributed by atoms with E-state index in [4.69, 9.17) is 15.4 Å². The Hall–Kier alpha value is -5.09. The number of carbonyl (C=O) groups is 1. The molecule has 3 aromatic carbocycles. The number of nitrogens with one attached hydrogen (secondary N) is 2. The van der Waals surface area contributed by atoms with Crippen molar-refractivity contribution in [2.75, 3.05) is 16.4 Å². The largest absolute Gasteiger partial charge is 0.463 e. The molecule has 5 rings (SSSR count). The fourth-order valence-electron chi connectivity index (χ4n) is 3.96. The first-order valence-electron chi connectivity index (χ1n) is 10.9. The van der Waals surface area contributed by atoms with Crippen LogP contribution < -0.4 is 16.4 Å². The number of nitriles is 1. The van der Waals surface area contributed by atoms with Crippen molar-refractivity contribution in [3.05, 3.63) is 96.4 Å². The number of nitrogens with zero attached hydrogens (tertiary/aromatic N) is 2. The Balaban J connectivity index is 1.40. The van der Waals surface area contributed by atoms with E-state index >= 15 is 0 Å². The number of nitrogen functional groups attached to an aromatic ring is 1. The Morgan fingerprint density at radius 2 is 1.63 bits per heavy atom. The third-order valence-corrected chi connectivity index (χ3v) is 5.68. The number of rotatable bonds is 4. The Morgan fingerprint density at radius 3 is 2.34 bits per heavy atom. The summed E-state index contributed by atoms with van der Waals surface area (Å²) in [7, 11) is 0. The van der Waals surface area contributed by atoms with E-state index in [1.807, 2.05) is 67.6 Å². The van der Waals surface area contributed by atoms with Crippen LogP contribution in [0, 0.1) is 18.3 Å². The van der Waals surface area contributed by atoms with Gasteiger partial charge in [0.05, 0.1) is 23.3 Å². The SMILES string of the molecule is Cc1cccc(NC(=O)Nc2ccc(-c3coc4c(-c5ccc(C#N)cc5)cnc(N)c34)cc2)c1. The topological polar surface area (TPSA) is 117 Å². The van der Waals surface area contributed by atoms with Gasteiger partial charge < -0.3 is 20.8 Å². The molecular weight excluding hydrogens is 438 g/mol. The summed E-state index contributed by atoms with van der Waals surface area (Å²) in [6.07, 6.45) is 3.33. The molecule has 0 unspecified atom stereocenters. The summed E-state index contributed by atoms with van der Waals surface area (Å²) >= 11 is 0. The molecule has 0 fully saturated rings. The zero-order chi connectivity index (χ0) is 24.4. The first kappa shape index (κ1) is 21.7. The number of carbonyl (C=O) groups excluding carboxylic acids is 1. The number of benzene rings is 3. The van der Waals surface area contributed by atoms with Crippen LogP contribution in [0.4, 0.5) is 22.0 Å². The Labute approximate surface area is 201 Å². The third-order valence-electron chi connectivity index (χ3n) is 5.68. The highest BCUT2D eigenvalue weighted by atomic mass is 16.3. The number of urea groups is 1. The smallest absolute Gasteiger partial charge is 0.323 e. The third kappa shape index (κ3) is 4.41. The van der Waals surface area contributed by atoms with E-state index in [1.54, 1.807) is 24.6 Å². The molecular formula is C28H21N5O2. The molecule has 5 aromatic rings. The van der Waals surface area contributed by atoms with Crippen LogP contribution >= 0.6 is 0 Å². The van der Waals surface area contributed by atoms with E-state index in [0.717, 1.165) is 33.5 Å². The van der Waals surface area contributed by atoms with Crippen molar-refractivity contribution < 1.29 is 9.21 Å². The molecule has 0 aliphatic heterocycles. The summed E-state index contributed by atoms with van der Waals surface area (Å²) in [6.45, 7) is 1.97. The van der Waals surface area contributed by atoms with Gasteiger partial charge in [-0.15, -0.1) is 0 Å². The predicted octanol–water partition coefficient (Wildman–Crippen LogP) is 6.57. The van der Waals surface area contributed by atoms with E-state index in [9.17, 15) is 4.79 Å². The summed E-state index contributed by atoms with van der Waals surface area (Å²) < 4.78 is 5.93. The zero-order valence-electron chi connectivity index (χ0n) is 18.9. The molecule has 0 spiro atoms. The quantitative estimate of drug-likeness (QED) is 0.281. The number of hydrogen-bond donors (Lipinski definition) is 3. The normalized spacial score (nSPS) is 10.6. The van der Waals surface area contributed by atoms with Crippen molar-refractivity contribution in [2.24, 2.45) is 0 Å². The molecule has 35 heavy (non-hydrogen) atoms. The van der Waals surface area contributed by atoms with E-state index < -0.39 is 0 Å². The molecule has 0 radical (unpaired) electrons. The number of fused-ring (bicyclic) bond motifs is 1. The number of aryl methyl sites for hydroxylation is 1. The van der Waals surface area contributed by atoms with Crippen LogP contribution in [0.2, 0.25) is 0 Å². The highest BCUT2D eigenvalue weighted by Crippen LogP contribution is 2.39. The average molecular weight is 460 g/mol. The summed E-state index contributed by atoms with van der Waals surface area (Å²) in [6, 6.07) is 24.0. The summed E-state index contributed by atoms with van der Waals surface area (Å²) in [5.41, 5.74) is 13.2. The Bertz CT molecular complexity index is 1580. The van der Waals surface area contributed by atoms with Gasteiger partial charge in [0.15, 0.2) is 0 Å². The predicted molar refractivity (Wildman–Crippen MR) is 138 cm³/mol. The molecule has 0 saturated heterocycles. The standard InChI is InChI=1S/C28H21N5O2/c1-17-3-2-4-22(13-17)33-28(34)32-21-11-9-20(10-12-21)24-16-35-26-23(15-31-27(30)25(24)26)19-7-5-18(14-29)6-8-19/h2-13,15-16H,1H3,(H2,30,31)(H2,32,33,34). The maximum atomic E-state index is 12.4. The minimum atomic E-state index is -0.322. The van der Waals surface area contributed by atoms with Crippen LogP contribution in [0.15, 0.2) is 89.7 Å². The van der Waals surface area contributed by atoms with Gasteiger partial charge in [-0.3, -0.25) is 0 Å². The van der Waals surface area contributed by atoms with Gasteiger partial charge >= 0.3 is 6.03 Å². The zero-order valence-corrected chi connectivity index (χ0v) is 18.9. The molecule has 0 saturated carbocycles. The second-order valence-electron chi connectivity index (χ2n) is 8.13. The first-order valence-corrected chi connectivity index (χ1v) is 10.9. The van der Waals surface area contributed by atoms with Crippen LogP contribution in [0.25, 0.3) is 33.2 Å². The van der Waals surface area contributed by atoms with Gasteiger partial charge in [-0.2, -0.15) is 5.26 Å². The van der Waals surface area contributed by atoms with Crippen molar-refractivity contribution in [3.63, 3.8) is 0 Å². The van der Waals surface area contributed by atoms with E-state index in [2.05, 4.69) is 21.7 Å². The van der Waals surface area contributed by atoms with Crippen LogP contribution in [0.1, 0.15) is 11.1 Å². The van der Waals surface area contributed by atoms with Crippen molar-refractivity contribution in [2.45, 2.75) is 6.92 Å². The minimum absolute atomic E-state index is 0.322. The number of nitrogens with two attached hydrogens (primary N) is 1. The van der Waals surface area contributed by atoms with Crippen molar-refractivity contribution >= 4 is 34.2 Å². The van der Waals surface area contributed by atoms with Crippen LogP contribution in [0.3, 0.4) is 0 Å². The molecule has 2 aromatic heterocycles. The van der Waals surface area contributed by atoms with Crippen LogP contribution in [-0.4, -0.2) is 11.0 Å². The monoisotopic (exact) mass is 459 g/mol. The fourth-order valence-corrected chi connectivity index (χ4v) is 3.96. The van der Waals surface area contributed by atoms with E-state index in [1.165, 1.54) is 0 Å². The maximum Gasteiger partial charge on any atom is 0.323 e. The fraction of sp³-hybridized carbons (Fsp3) is 0.0357. The number of amides is 2. The minimum Gasteiger partial charge on any atom is -0.463 e. The Kier molecular flexibility index (Phi) is 5.62. The highest BCUT2D eigenvalue weighted by Gasteiger charge is 2.17.